The Hall–Kier alpha value is -4.42. The zero-order valence-corrected chi connectivity index (χ0v) is 18.2. The van der Waals surface area contributed by atoms with E-state index in [1.165, 1.54) is 0 Å². The van der Waals surface area contributed by atoms with Gasteiger partial charge in [0.15, 0.2) is 0 Å². The molecule has 0 fully saturated rings. The van der Waals surface area contributed by atoms with Crippen LogP contribution in [0.3, 0.4) is 0 Å². The van der Waals surface area contributed by atoms with Crippen molar-refractivity contribution in [3.05, 3.63) is 109 Å². The fourth-order valence-electron chi connectivity index (χ4n) is 4.40. The molecule has 0 spiro atoms. The summed E-state index contributed by atoms with van der Waals surface area (Å²) in [7, 11) is 0.709. The fourth-order valence-corrected chi connectivity index (χ4v) is 4.40. The van der Waals surface area contributed by atoms with Crippen molar-refractivity contribution in [2.24, 2.45) is 0 Å². The van der Waals surface area contributed by atoms with E-state index in [1.54, 1.807) is 0 Å². The van der Waals surface area contributed by atoms with E-state index in [2.05, 4.69) is 24.3 Å². The average Bonchev–Trinajstić information content (AvgIpc) is 3.25. The minimum Gasteiger partial charge on any atom is -0.537 e. The van der Waals surface area contributed by atoms with Crippen LogP contribution in [-0.4, -0.2) is 27.2 Å². The van der Waals surface area contributed by atoms with Gasteiger partial charge in [-0.05, 0) is 24.3 Å². The molecule has 4 aromatic carbocycles. The van der Waals surface area contributed by atoms with Crippen molar-refractivity contribution in [1.29, 1.82) is 0 Å². The van der Waals surface area contributed by atoms with Crippen molar-refractivity contribution in [2.75, 3.05) is 0 Å². The molecule has 34 heavy (non-hydrogen) atoms. The zero-order chi connectivity index (χ0) is 22.9. The number of hydrogen-bond acceptors (Lipinski definition) is 4. The summed E-state index contributed by atoms with van der Waals surface area (Å²) in [5.41, 5.74) is 5.56. The van der Waals surface area contributed by atoms with Crippen molar-refractivity contribution in [1.82, 2.24) is 14.5 Å². The van der Waals surface area contributed by atoms with Gasteiger partial charge in [-0.2, -0.15) is 0 Å². The van der Waals surface area contributed by atoms with Gasteiger partial charge in [0, 0.05) is 21.9 Å². The molecule has 0 aliphatic rings. The predicted molar refractivity (Wildman–Crippen MR) is 136 cm³/mol. The van der Waals surface area contributed by atoms with Crippen LogP contribution in [0.4, 0.5) is 0 Å². The largest absolute Gasteiger partial charge is 0.569 e. The average molecular weight is 440 g/mol. The van der Waals surface area contributed by atoms with Crippen molar-refractivity contribution < 1.29 is 9.68 Å². The Morgan fingerprint density at radius 3 is 1.88 bits per heavy atom. The van der Waals surface area contributed by atoms with Crippen molar-refractivity contribution in [2.45, 2.75) is 0 Å². The normalized spacial score (nSPS) is 11.1. The monoisotopic (exact) mass is 440 g/mol. The summed E-state index contributed by atoms with van der Waals surface area (Å²) in [4.78, 5) is 10.0. The van der Waals surface area contributed by atoms with E-state index < -0.39 is 0 Å². The smallest absolute Gasteiger partial charge is 0.537 e. The first-order valence-corrected chi connectivity index (χ1v) is 11.0. The third-order valence-electron chi connectivity index (χ3n) is 5.89. The van der Waals surface area contributed by atoms with Gasteiger partial charge in [0.1, 0.15) is 5.75 Å². The van der Waals surface area contributed by atoms with Crippen LogP contribution in [0, 0.1) is 0 Å². The number of fused-ring (bicyclic) bond motifs is 3. The quantitative estimate of drug-likeness (QED) is 0.344. The molecule has 0 amide bonds. The van der Waals surface area contributed by atoms with Gasteiger partial charge in [0.25, 0.3) is 0 Å². The third kappa shape index (κ3) is 3.41. The summed E-state index contributed by atoms with van der Waals surface area (Å²) in [6.45, 7) is 0. The number of rotatable bonds is 5. The Labute approximate surface area is 197 Å². The highest BCUT2D eigenvalue weighted by Crippen LogP contribution is 2.37. The zero-order valence-electron chi connectivity index (χ0n) is 18.2. The van der Waals surface area contributed by atoms with E-state index in [4.69, 9.17) is 14.6 Å². The number of benzene rings is 4. The minimum absolute atomic E-state index is 0.566. The van der Waals surface area contributed by atoms with Gasteiger partial charge in [-0.15, -0.1) is 0 Å². The van der Waals surface area contributed by atoms with Crippen molar-refractivity contribution >= 4 is 29.5 Å². The maximum absolute atomic E-state index is 9.32. The van der Waals surface area contributed by atoms with Gasteiger partial charge < -0.3 is 9.68 Å². The first-order chi connectivity index (χ1) is 16.8. The second-order valence-corrected chi connectivity index (χ2v) is 7.90. The molecular weight excluding hydrogens is 421 g/mol. The van der Waals surface area contributed by atoms with Crippen molar-refractivity contribution in [3.63, 3.8) is 0 Å². The molecule has 0 bridgehead atoms. The molecule has 6 heteroatoms. The molecule has 161 valence electrons. The third-order valence-corrected chi connectivity index (χ3v) is 5.89. The Bertz CT molecular complexity index is 1560. The molecule has 0 saturated heterocycles. The number of hydrogen-bond donors (Lipinski definition) is 1. The summed E-state index contributed by atoms with van der Waals surface area (Å²) >= 11 is 0. The second kappa shape index (κ2) is 8.50. The van der Waals surface area contributed by atoms with Gasteiger partial charge in [-0.3, -0.25) is 4.57 Å². The first-order valence-electron chi connectivity index (χ1n) is 11.0. The lowest BCUT2D eigenvalue weighted by molar-refractivity contribution is 0.457. The van der Waals surface area contributed by atoms with Gasteiger partial charge >= 0.3 is 7.69 Å². The van der Waals surface area contributed by atoms with Crippen LogP contribution in [0.15, 0.2) is 109 Å². The van der Waals surface area contributed by atoms with E-state index >= 15 is 0 Å². The molecular formula is C28H19BN3O2. The summed E-state index contributed by atoms with van der Waals surface area (Å²) in [5.74, 6) is 1.13. The highest BCUT2D eigenvalue weighted by molar-refractivity contribution is 6.20. The fraction of sp³-hybridized carbons (Fsp3) is 0. The molecule has 6 rings (SSSR count). The lowest BCUT2D eigenvalue weighted by atomic mass is 10.1. The van der Waals surface area contributed by atoms with Crippen LogP contribution >= 0.6 is 0 Å². The van der Waals surface area contributed by atoms with Crippen LogP contribution in [0.5, 0.6) is 5.75 Å². The molecule has 1 N–H and O–H groups in total. The molecule has 2 aromatic heterocycles. The van der Waals surface area contributed by atoms with Gasteiger partial charge in [0.05, 0.1) is 22.4 Å². The first kappa shape index (κ1) is 20.2. The van der Waals surface area contributed by atoms with Crippen molar-refractivity contribution in [3.8, 4) is 34.2 Å². The topological polar surface area (TPSA) is 60.2 Å². The van der Waals surface area contributed by atoms with Gasteiger partial charge in [0.2, 0.25) is 5.95 Å². The van der Waals surface area contributed by atoms with Gasteiger partial charge in [-0.25, -0.2) is 9.97 Å². The van der Waals surface area contributed by atoms with E-state index in [-0.39, 0.29) is 0 Å². The van der Waals surface area contributed by atoms with Crippen LogP contribution < -0.4 is 4.65 Å². The van der Waals surface area contributed by atoms with E-state index in [9.17, 15) is 5.02 Å². The summed E-state index contributed by atoms with van der Waals surface area (Å²) in [6.07, 6.45) is 0. The van der Waals surface area contributed by atoms with Crippen LogP contribution in [-0.2, 0) is 0 Å². The lowest BCUT2D eigenvalue weighted by Crippen LogP contribution is -2.04. The summed E-state index contributed by atoms with van der Waals surface area (Å²) in [5, 5.41) is 11.2. The molecule has 1 radical (unpaired) electrons. The molecule has 0 aliphatic carbocycles. The predicted octanol–water partition coefficient (Wildman–Crippen LogP) is 5.81. The maximum atomic E-state index is 9.32. The Kier molecular flexibility index (Phi) is 5.05. The molecule has 0 atom stereocenters. The highest BCUT2D eigenvalue weighted by atomic mass is 16.5. The summed E-state index contributed by atoms with van der Waals surface area (Å²) in [6, 6.07) is 36.1. The molecule has 0 saturated carbocycles. The Morgan fingerprint density at radius 2 is 1.24 bits per heavy atom. The SMILES string of the molecule is O[B]Oc1cccc2c1c1ccccc1n2-c1nc(-c2ccccc2)cc(-c2ccccc2)n1. The van der Waals surface area contributed by atoms with E-state index in [0.29, 0.717) is 19.4 Å². The highest BCUT2D eigenvalue weighted by Gasteiger charge is 2.19. The number of nitrogens with zero attached hydrogens (tertiary/aromatic N) is 3. The molecule has 0 aliphatic heterocycles. The number of para-hydroxylation sites is 1. The Morgan fingerprint density at radius 1 is 0.647 bits per heavy atom. The molecule has 6 aromatic rings. The lowest BCUT2D eigenvalue weighted by Gasteiger charge is -2.12. The molecule has 5 nitrogen and oxygen atoms in total. The minimum atomic E-state index is 0.566. The molecule has 0 unspecified atom stereocenters. The van der Waals surface area contributed by atoms with E-state index in [0.717, 1.165) is 44.3 Å². The molecule has 2 heterocycles. The standard InChI is InChI=1S/C28H19BN3O2/c33-29-34-26-17-9-16-25-27(26)21-14-7-8-15-24(21)32(25)28-30-22(19-10-3-1-4-11-19)18-23(31-28)20-12-5-2-6-13-20/h1-18,33H. The van der Waals surface area contributed by atoms with Crippen LogP contribution in [0.1, 0.15) is 0 Å². The van der Waals surface area contributed by atoms with E-state index in [1.807, 2.05) is 89.5 Å². The van der Waals surface area contributed by atoms with Crippen LogP contribution in [0.2, 0.25) is 0 Å². The van der Waals surface area contributed by atoms with Gasteiger partial charge in [-0.1, -0.05) is 84.9 Å². The number of aromatic nitrogens is 3. The van der Waals surface area contributed by atoms with Crippen LogP contribution in [0.25, 0.3) is 50.3 Å². The summed E-state index contributed by atoms with van der Waals surface area (Å²) < 4.78 is 7.49. The maximum Gasteiger partial charge on any atom is 0.569 e. The Balaban J connectivity index is 1.69. The second-order valence-electron chi connectivity index (χ2n) is 7.90.